The topological polar surface area (TPSA) is 63.1 Å². The number of carbonyl (C=O) groups is 1. The van der Waals surface area contributed by atoms with Crippen LogP contribution >= 0.6 is 0 Å². The largest absolute Gasteiger partial charge is 0.481 e. The van der Waals surface area contributed by atoms with Gasteiger partial charge in [0, 0.05) is 24.0 Å². The van der Waals surface area contributed by atoms with E-state index in [0.29, 0.717) is 6.07 Å². The average molecular weight is 250 g/mol. The van der Waals surface area contributed by atoms with Crippen molar-refractivity contribution in [3.8, 4) is 11.3 Å². The number of aromatic nitrogens is 2. The lowest BCUT2D eigenvalue weighted by atomic mass is 10.1. The smallest absolute Gasteiger partial charge is 0.309 e. The first-order valence-corrected chi connectivity index (χ1v) is 5.05. The third kappa shape index (κ3) is 2.48. The van der Waals surface area contributed by atoms with Crippen LogP contribution < -0.4 is 0 Å². The second-order valence-electron chi connectivity index (χ2n) is 3.55. The van der Waals surface area contributed by atoms with Gasteiger partial charge >= 0.3 is 5.97 Å². The molecular weight excluding hydrogens is 242 g/mol. The van der Waals surface area contributed by atoms with Gasteiger partial charge < -0.3 is 5.11 Å². The molecule has 0 aliphatic carbocycles. The van der Waals surface area contributed by atoms with Crippen molar-refractivity contribution in [3.63, 3.8) is 0 Å². The van der Waals surface area contributed by atoms with E-state index in [9.17, 15) is 13.6 Å². The van der Waals surface area contributed by atoms with Gasteiger partial charge in [0.15, 0.2) is 0 Å². The van der Waals surface area contributed by atoms with Gasteiger partial charge in [0.1, 0.15) is 11.6 Å². The third-order valence-electron chi connectivity index (χ3n) is 2.28. The molecule has 92 valence electrons. The molecule has 2 rings (SSSR count). The average Bonchev–Trinajstić information content (AvgIpc) is 2.30. The van der Waals surface area contributed by atoms with Crippen LogP contribution in [0.5, 0.6) is 0 Å². The first-order valence-electron chi connectivity index (χ1n) is 5.05. The second-order valence-corrected chi connectivity index (χ2v) is 3.55. The Bertz CT molecular complexity index is 602. The number of halogens is 2. The highest BCUT2D eigenvalue weighted by Gasteiger charge is 2.15. The van der Waals surface area contributed by atoms with E-state index < -0.39 is 17.6 Å². The van der Waals surface area contributed by atoms with Crippen LogP contribution in [0, 0.1) is 11.6 Å². The Morgan fingerprint density at radius 1 is 1.22 bits per heavy atom. The molecule has 1 N–H and O–H groups in total. The van der Waals surface area contributed by atoms with Gasteiger partial charge in [0.05, 0.1) is 17.8 Å². The second kappa shape index (κ2) is 4.87. The molecule has 0 atom stereocenters. The van der Waals surface area contributed by atoms with Crippen molar-refractivity contribution in [3.05, 3.63) is 47.9 Å². The van der Waals surface area contributed by atoms with Crippen molar-refractivity contribution in [1.82, 2.24) is 9.97 Å². The molecule has 0 fully saturated rings. The van der Waals surface area contributed by atoms with Crippen molar-refractivity contribution in [2.45, 2.75) is 6.42 Å². The molecule has 0 spiro atoms. The predicted octanol–water partition coefficient (Wildman–Crippen LogP) is 2.05. The molecule has 1 heterocycles. The van der Waals surface area contributed by atoms with E-state index in [1.54, 1.807) is 0 Å². The Hall–Kier alpha value is -2.37. The van der Waals surface area contributed by atoms with Crippen molar-refractivity contribution >= 4 is 5.97 Å². The summed E-state index contributed by atoms with van der Waals surface area (Å²) in [5.41, 5.74) is 0.272. The monoisotopic (exact) mass is 250 g/mol. The minimum Gasteiger partial charge on any atom is -0.481 e. The van der Waals surface area contributed by atoms with Crippen LogP contribution in [0.1, 0.15) is 5.69 Å². The van der Waals surface area contributed by atoms with Crippen molar-refractivity contribution < 1.29 is 18.7 Å². The Morgan fingerprint density at radius 2 is 1.94 bits per heavy atom. The van der Waals surface area contributed by atoms with Crippen LogP contribution in [0.15, 0.2) is 30.6 Å². The van der Waals surface area contributed by atoms with Gasteiger partial charge in [0.25, 0.3) is 0 Å². The summed E-state index contributed by atoms with van der Waals surface area (Å²) in [5.74, 6) is -2.61. The summed E-state index contributed by atoms with van der Waals surface area (Å²) in [6.07, 6.45) is 2.27. The summed E-state index contributed by atoms with van der Waals surface area (Å²) in [6.45, 7) is 0. The maximum atomic E-state index is 13.6. The maximum Gasteiger partial charge on any atom is 0.309 e. The maximum absolute atomic E-state index is 13.6. The molecule has 4 nitrogen and oxygen atoms in total. The number of hydrogen-bond acceptors (Lipinski definition) is 3. The summed E-state index contributed by atoms with van der Waals surface area (Å²) in [6, 6.07) is 3.01. The first-order chi connectivity index (χ1) is 8.58. The number of benzene rings is 1. The molecule has 0 amide bonds. The van der Waals surface area contributed by atoms with Gasteiger partial charge in [-0.15, -0.1) is 0 Å². The number of nitrogens with zero attached hydrogens (tertiary/aromatic N) is 2. The van der Waals surface area contributed by atoms with Gasteiger partial charge in [-0.3, -0.25) is 14.8 Å². The summed E-state index contributed by atoms with van der Waals surface area (Å²) in [4.78, 5) is 18.4. The Kier molecular flexibility index (Phi) is 3.27. The minimum atomic E-state index is -1.10. The molecule has 0 radical (unpaired) electrons. The van der Waals surface area contributed by atoms with Gasteiger partial charge in [-0.25, -0.2) is 8.78 Å². The molecule has 0 saturated carbocycles. The van der Waals surface area contributed by atoms with Crippen LogP contribution in [0.4, 0.5) is 8.78 Å². The molecule has 0 bridgehead atoms. The van der Waals surface area contributed by atoms with Gasteiger partial charge in [0.2, 0.25) is 0 Å². The van der Waals surface area contributed by atoms with E-state index in [2.05, 4.69) is 9.97 Å². The summed E-state index contributed by atoms with van der Waals surface area (Å²) in [5, 5.41) is 8.73. The van der Waals surface area contributed by atoms with Gasteiger partial charge in [-0.05, 0) is 12.1 Å². The molecule has 6 heteroatoms. The molecule has 18 heavy (non-hydrogen) atoms. The number of rotatable bonds is 3. The molecule has 1 aromatic carbocycles. The molecule has 1 aromatic heterocycles. The van der Waals surface area contributed by atoms with E-state index in [-0.39, 0.29) is 23.4 Å². The van der Waals surface area contributed by atoms with E-state index in [4.69, 9.17) is 5.11 Å². The van der Waals surface area contributed by atoms with E-state index in [0.717, 1.165) is 6.07 Å². The fourth-order valence-electron chi connectivity index (χ4n) is 1.55. The first kappa shape index (κ1) is 12.1. The number of hydrogen-bond donors (Lipinski definition) is 1. The molecule has 0 saturated heterocycles. The van der Waals surface area contributed by atoms with Crippen LogP contribution in [-0.4, -0.2) is 21.0 Å². The Labute approximate surface area is 101 Å². The van der Waals surface area contributed by atoms with Crippen molar-refractivity contribution in [2.75, 3.05) is 0 Å². The predicted molar refractivity (Wildman–Crippen MR) is 58.7 cm³/mol. The number of aliphatic carboxylic acids is 1. The minimum absolute atomic E-state index is 0.0285. The molecular formula is C12H8F2N2O2. The molecule has 0 aliphatic rings. The van der Waals surface area contributed by atoms with E-state index in [1.165, 1.54) is 18.5 Å². The highest BCUT2D eigenvalue weighted by molar-refractivity contribution is 5.73. The fraction of sp³-hybridized carbons (Fsp3) is 0.0833. The highest BCUT2D eigenvalue weighted by atomic mass is 19.1. The van der Waals surface area contributed by atoms with E-state index >= 15 is 0 Å². The van der Waals surface area contributed by atoms with Gasteiger partial charge in [-0.2, -0.15) is 0 Å². The zero-order valence-corrected chi connectivity index (χ0v) is 9.10. The van der Waals surface area contributed by atoms with Crippen molar-refractivity contribution in [1.29, 1.82) is 0 Å². The molecule has 0 unspecified atom stereocenters. The summed E-state index contributed by atoms with van der Waals surface area (Å²) in [7, 11) is 0. The lowest BCUT2D eigenvalue weighted by molar-refractivity contribution is -0.136. The number of carboxylic acids is 1. The summed E-state index contributed by atoms with van der Waals surface area (Å²) < 4.78 is 26.4. The number of carboxylic acid groups (broad SMARTS) is 1. The van der Waals surface area contributed by atoms with Crippen LogP contribution in [0.3, 0.4) is 0 Å². The SMILES string of the molecule is O=C(O)Cc1nccnc1-c1ccc(F)cc1F. The van der Waals surface area contributed by atoms with E-state index in [1.807, 2.05) is 0 Å². The molecule has 0 aliphatic heterocycles. The fourth-order valence-corrected chi connectivity index (χ4v) is 1.55. The summed E-state index contributed by atoms with van der Waals surface area (Å²) >= 11 is 0. The molecule has 2 aromatic rings. The Balaban J connectivity index is 2.53. The zero-order valence-electron chi connectivity index (χ0n) is 9.10. The van der Waals surface area contributed by atoms with Crippen molar-refractivity contribution in [2.24, 2.45) is 0 Å². The Morgan fingerprint density at radius 3 is 2.61 bits per heavy atom. The normalized spacial score (nSPS) is 10.3. The zero-order chi connectivity index (χ0) is 13.1. The van der Waals surface area contributed by atoms with Crippen LogP contribution in [-0.2, 0) is 11.2 Å². The standard InChI is InChI=1S/C12H8F2N2O2/c13-7-1-2-8(9(14)5-7)12-10(6-11(17)18)15-3-4-16-12/h1-5H,6H2,(H,17,18). The quantitative estimate of drug-likeness (QED) is 0.905. The van der Waals surface area contributed by atoms with Crippen LogP contribution in [0.25, 0.3) is 11.3 Å². The van der Waals surface area contributed by atoms with Crippen LogP contribution in [0.2, 0.25) is 0 Å². The van der Waals surface area contributed by atoms with Gasteiger partial charge in [-0.1, -0.05) is 0 Å². The highest BCUT2D eigenvalue weighted by Crippen LogP contribution is 2.23. The third-order valence-corrected chi connectivity index (χ3v) is 2.28. The lowest BCUT2D eigenvalue weighted by Crippen LogP contribution is -2.06. The lowest BCUT2D eigenvalue weighted by Gasteiger charge is -2.06.